The van der Waals surface area contributed by atoms with Gasteiger partial charge in [-0.3, -0.25) is 14.4 Å². The maximum Gasteiger partial charge on any atom is 0.330 e. The number of amides is 1. The molecule has 6 aromatic carbocycles. The van der Waals surface area contributed by atoms with Crippen molar-refractivity contribution in [2.24, 2.45) is 0 Å². The lowest BCUT2D eigenvalue weighted by molar-refractivity contribution is -0.153. The molecular formula is C62H66N8O7. The smallest absolute Gasteiger partial charge is 0.330 e. The number of anilines is 2. The lowest BCUT2D eigenvalue weighted by Gasteiger charge is -2.42. The van der Waals surface area contributed by atoms with E-state index in [0.717, 1.165) is 70.5 Å². The van der Waals surface area contributed by atoms with Gasteiger partial charge in [-0.15, -0.1) is 0 Å². The molecule has 15 nitrogen and oxygen atoms in total. The van der Waals surface area contributed by atoms with Gasteiger partial charge in [0.1, 0.15) is 29.6 Å². The first-order valence-corrected chi connectivity index (χ1v) is 25.8. The maximum atomic E-state index is 14.2. The highest BCUT2D eigenvalue weighted by Crippen LogP contribution is 2.31. The molecule has 15 heteroatoms. The van der Waals surface area contributed by atoms with Crippen LogP contribution in [0.5, 0.6) is 0 Å². The van der Waals surface area contributed by atoms with Gasteiger partial charge in [0.2, 0.25) is 5.91 Å². The normalized spacial score (nSPS) is 15.2. The number of rotatable bonds is 14. The maximum absolute atomic E-state index is 14.2. The van der Waals surface area contributed by atoms with Crippen molar-refractivity contribution in [3.8, 4) is 0 Å². The first-order valence-electron chi connectivity index (χ1n) is 25.8. The highest BCUT2D eigenvalue weighted by Gasteiger charge is 2.40. The minimum atomic E-state index is -0.822. The number of aryl methyl sites for hydroxylation is 2. The summed E-state index contributed by atoms with van der Waals surface area (Å²) in [6.45, 7) is 8.77. The lowest BCUT2D eigenvalue weighted by Crippen LogP contribution is -2.60. The number of aromatic nitrogens is 4. The second-order valence-corrected chi connectivity index (χ2v) is 18.9. The van der Waals surface area contributed by atoms with E-state index in [1.807, 2.05) is 187 Å². The fraction of sp³-hybridized carbons (Fsp3) is 0.258. The van der Waals surface area contributed by atoms with Crippen LogP contribution in [0.1, 0.15) is 56.6 Å². The van der Waals surface area contributed by atoms with Gasteiger partial charge in [0, 0.05) is 44.9 Å². The third-order valence-corrected chi connectivity index (χ3v) is 13.6. The van der Waals surface area contributed by atoms with E-state index in [4.69, 9.17) is 14.6 Å². The number of carboxylic acid groups (broad SMARTS) is 1. The van der Waals surface area contributed by atoms with Crippen molar-refractivity contribution in [3.63, 3.8) is 0 Å². The molecule has 1 amide bonds. The van der Waals surface area contributed by atoms with Gasteiger partial charge < -0.3 is 34.6 Å². The molecule has 2 saturated heterocycles. The molecule has 2 fully saturated rings. The Labute approximate surface area is 450 Å². The number of carbonyl (C=O) groups is 4. The molecule has 396 valence electrons. The van der Waals surface area contributed by atoms with E-state index in [-0.39, 0.29) is 17.9 Å². The molecule has 2 aliphatic heterocycles. The average molecular weight is 1040 g/mol. The predicted octanol–water partition coefficient (Wildman–Crippen LogP) is 8.36. The highest BCUT2D eigenvalue weighted by molar-refractivity contribution is 5.92. The standard InChI is InChI=1S/C31H32N4O3.C17H22N4O2.C14H12O2/c1-23-20-28(35(32-23)21-24-12-6-3-7-13-24)33-18-19-34(27(22-33)31(37)38-2)30(36)29(25-14-8-4-9-15-25)26-16-10-5-11-17-26;1-13-10-16(20-9-8-18-15(12-20)17(22)23-2)21(19-13)11-14-6-4-3-5-7-14;15-14(16)13(11-7-3-1-4-8-11)12-9-5-2-6-10-12/h3-17,20,27,29H,18-19,21-22H2,1-2H3;3-7,10,15,18H,8-9,11-12H2,1-2H3;1-10,13H,(H,15,16)/t27-;15-;/m00./s1. The van der Waals surface area contributed by atoms with Crippen molar-refractivity contribution >= 4 is 35.5 Å². The summed E-state index contributed by atoms with van der Waals surface area (Å²) in [6, 6.07) is 61.5. The Morgan fingerprint density at radius 1 is 0.532 bits per heavy atom. The van der Waals surface area contributed by atoms with E-state index in [1.54, 1.807) is 4.90 Å². The summed E-state index contributed by atoms with van der Waals surface area (Å²) in [5, 5.41) is 21.8. The molecule has 2 aliphatic rings. The summed E-state index contributed by atoms with van der Waals surface area (Å²) in [4.78, 5) is 56.4. The molecule has 10 rings (SSSR count). The van der Waals surface area contributed by atoms with Crippen molar-refractivity contribution < 1.29 is 33.8 Å². The summed E-state index contributed by atoms with van der Waals surface area (Å²) in [7, 11) is 2.80. The Morgan fingerprint density at radius 2 is 0.922 bits per heavy atom. The molecule has 2 N–H and O–H groups in total. The number of aliphatic carboxylic acids is 1. The molecule has 0 aliphatic carbocycles. The van der Waals surface area contributed by atoms with Crippen LogP contribution in [0.3, 0.4) is 0 Å². The Hall–Kier alpha value is -8.82. The van der Waals surface area contributed by atoms with E-state index < -0.39 is 29.8 Å². The minimum absolute atomic E-state index is 0.105. The fourth-order valence-corrected chi connectivity index (χ4v) is 9.87. The van der Waals surface area contributed by atoms with Gasteiger partial charge in [-0.1, -0.05) is 182 Å². The zero-order valence-electron chi connectivity index (χ0n) is 44.0. The molecule has 2 atom stereocenters. The summed E-state index contributed by atoms with van der Waals surface area (Å²) in [5.74, 6) is -0.695. The van der Waals surface area contributed by atoms with Crippen molar-refractivity contribution in [2.45, 2.75) is 50.9 Å². The number of esters is 2. The van der Waals surface area contributed by atoms with Crippen molar-refractivity contribution in [1.29, 1.82) is 0 Å². The first-order chi connectivity index (χ1) is 37.5. The molecule has 4 heterocycles. The number of nitrogens with zero attached hydrogens (tertiary/aromatic N) is 7. The molecule has 0 spiro atoms. The number of piperazine rings is 2. The van der Waals surface area contributed by atoms with Crippen molar-refractivity contribution in [1.82, 2.24) is 29.8 Å². The average Bonchev–Trinajstić information content (AvgIpc) is 4.05. The van der Waals surface area contributed by atoms with Gasteiger partial charge in [-0.05, 0) is 47.2 Å². The lowest BCUT2D eigenvalue weighted by atomic mass is 9.89. The Balaban J connectivity index is 0.000000170. The van der Waals surface area contributed by atoms with E-state index >= 15 is 0 Å². The number of carbonyl (C=O) groups excluding carboxylic acids is 3. The number of benzene rings is 6. The zero-order valence-corrected chi connectivity index (χ0v) is 44.0. The summed E-state index contributed by atoms with van der Waals surface area (Å²) in [5.41, 5.74) is 7.63. The molecule has 2 aromatic heterocycles. The van der Waals surface area contributed by atoms with Crippen LogP contribution in [0.4, 0.5) is 11.6 Å². The quantitative estimate of drug-likeness (QED) is 0.100. The third kappa shape index (κ3) is 14.1. The Kier molecular flexibility index (Phi) is 18.8. The molecular weight excluding hydrogens is 969 g/mol. The molecule has 0 saturated carbocycles. The van der Waals surface area contributed by atoms with Crippen LogP contribution in [0, 0.1) is 13.8 Å². The van der Waals surface area contributed by atoms with Crippen LogP contribution < -0.4 is 15.1 Å². The van der Waals surface area contributed by atoms with Crippen LogP contribution in [-0.4, -0.2) is 119 Å². The topological polar surface area (TPSA) is 164 Å². The summed E-state index contributed by atoms with van der Waals surface area (Å²) < 4.78 is 14.0. The van der Waals surface area contributed by atoms with Crippen LogP contribution >= 0.6 is 0 Å². The van der Waals surface area contributed by atoms with Gasteiger partial charge in [0.25, 0.3) is 0 Å². The molecule has 0 radical (unpaired) electrons. The highest BCUT2D eigenvalue weighted by atomic mass is 16.5. The SMILES string of the molecule is COC(=O)[C@@H]1CN(c2cc(C)nn2Cc2ccccc2)CCN1.COC(=O)[C@@H]1CN(c2cc(C)nn2Cc2ccccc2)CCN1C(=O)C(c1ccccc1)c1ccccc1.O=C(O)C(c1ccccc1)c1ccccc1. The van der Waals surface area contributed by atoms with E-state index in [2.05, 4.69) is 50.5 Å². The number of hydrogen-bond donors (Lipinski definition) is 2. The Bertz CT molecular complexity index is 3060. The predicted molar refractivity (Wildman–Crippen MR) is 298 cm³/mol. The van der Waals surface area contributed by atoms with Gasteiger partial charge in [-0.2, -0.15) is 10.2 Å². The first kappa shape index (κ1) is 54.4. The number of carboxylic acids is 1. The number of methoxy groups -OCH3 is 2. The van der Waals surface area contributed by atoms with Crippen molar-refractivity contribution in [3.05, 3.63) is 239 Å². The van der Waals surface area contributed by atoms with Gasteiger partial charge >= 0.3 is 17.9 Å². The van der Waals surface area contributed by atoms with E-state index in [0.29, 0.717) is 32.7 Å². The summed E-state index contributed by atoms with van der Waals surface area (Å²) >= 11 is 0. The van der Waals surface area contributed by atoms with Crippen LogP contribution in [0.15, 0.2) is 194 Å². The van der Waals surface area contributed by atoms with Crippen LogP contribution in [0.25, 0.3) is 0 Å². The van der Waals surface area contributed by atoms with E-state index in [9.17, 15) is 24.3 Å². The molecule has 0 unspecified atom stereocenters. The van der Waals surface area contributed by atoms with E-state index in [1.165, 1.54) is 19.8 Å². The second-order valence-electron chi connectivity index (χ2n) is 18.9. The number of nitrogens with one attached hydrogen (secondary N) is 1. The van der Waals surface area contributed by atoms with Crippen LogP contribution in [0.2, 0.25) is 0 Å². The minimum Gasteiger partial charge on any atom is -0.481 e. The number of ether oxygens (including phenoxy) is 2. The van der Waals surface area contributed by atoms with Gasteiger partial charge in [-0.25, -0.2) is 14.2 Å². The number of hydrogen-bond acceptors (Lipinski definition) is 11. The largest absolute Gasteiger partial charge is 0.481 e. The third-order valence-electron chi connectivity index (χ3n) is 13.6. The monoisotopic (exact) mass is 1030 g/mol. The summed E-state index contributed by atoms with van der Waals surface area (Å²) in [6.07, 6.45) is 0. The Morgan fingerprint density at radius 3 is 1.32 bits per heavy atom. The molecule has 77 heavy (non-hydrogen) atoms. The molecule has 8 aromatic rings. The molecule has 0 bridgehead atoms. The fourth-order valence-electron chi connectivity index (χ4n) is 9.87. The van der Waals surface area contributed by atoms with Crippen molar-refractivity contribution in [2.75, 3.05) is 63.3 Å². The second kappa shape index (κ2) is 26.6. The van der Waals surface area contributed by atoms with Crippen LogP contribution in [-0.2, 0) is 41.7 Å². The zero-order chi connectivity index (χ0) is 54.1. The van der Waals surface area contributed by atoms with Gasteiger partial charge in [0.15, 0.2) is 0 Å². The van der Waals surface area contributed by atoms with Gasteiger partial charge in [0.05, 0.1) is 51.2 Å².